The van der Waals surface area contributed by atoms with Crippen molar-refractivity contribution in [1.82, 2.24) is 9.88 Å². The van der Waals surface area contributed by atoms with Gasteiger partial charge in [0.2, 0.25) is 11.8 Å². The Morgan fingerprint density at radius 3 is 2.63 bits per heavy atom. The molecule has 7 nitrogen and oxygen atoms in total. The van der Waals surface area contributed by atoms with Crippen LogP contribution in [0.1, 0.15) is 11.5 Å². The van der Waals surface area contributed by atoms with E-state index in [1.54, 1.807) is 17.7 Å². The lowest BCUT2D eigenvalue weighted by Gasteiger charge is -2.13. The number of aryl methyl sites for hydroxylation is 1. The van der Waals surface area contributed by atoms with Crippen molar-refractivity contribution in [3.8, 4) is 5.88 Å². The summed E-state index contributed by atoms with van der Waals surface area (Å²) in [5.74, 6) is -2.26. The molecule has 0 bridgehead atoms. The average Bonchev–Trinajstić information content (AvgIpc) is 3.20. The summed E-state index contributed by atoms with van der Waals surface area (Å²) in [4.78, 5) is 24.9. The largest absolute Gasteiger partial charge is 0.493 e. The van der Waals surface area contributed by atoms with Crippen LogP contribution in [0.5, 0.6) is 5.88 Å². The van der Waals surface area contributed by atoms with Crippen LogP contribution in [-0.4, -0.2) is 28.0 Å². The van der Waals surface area contributed by atoms with Gasteiger partial charge in [-0.1, -0.05) is 48.5 Å². The highest BCUT2D eigenvalue weighted by molar-refractivity contribution is 6.03. The fourth-order valence-electron chi connectivity index (χ4n) is 3.54. The lowest BCUT2D eigenvalue weighted by molar-refractivity contribution is -0.131. The molecule has 2 heterocycles. The molecular formula is C20H18N4O3. The van der Waals surface area contributed by atoms with E-state index in [2.05, 4.69) is 15.5 Å². The van der Waals surface area contributed by atoms with Crippen molar-refractivity contribution >= 4 is 28.4 Å². The molecule has 27 heavy (non-hydrogen) atoms. The number of nitrogens with one attached hydrogen (secondary N) is 1. The van der Waals surface area contributed by atoms with Crippen LogP contribution in [0, 0.1) is 5.92 Å². The number of carbonyl (C=O) groups excluding carboxylic acids is 2. The molecule has 1 fully saturated rings. The van der Waals surface area contributed by atoms with E-state index in [0.29, 0.717) is 11.9 Å². The third-order valence-electron chi connectivity index (χ3n) is 4.97. The number of benzene rings is 2. The van der Waals surface area contributed by atoms with E-state index in [9.17, 15) is 14.7 Å². The summed E-state index contributed by atoms with van der Waals surface area (Å²) >= 11 is 0. The van der Waals surface area contributed by atoms with Crippen molar-refractivity contribution < 1.29 is 14.7 Å². The van der Waals surface area contributed by atoms with Gasteiger partial charge in [-0.3, -0.25) is 9.59 Å². The van der Waals surface area contributed by atoms with E-state index in [0.717, 1.165) is 11.1 Å². The van der Waals surface area contributed by atoms with Crippen LogP contribution in [-0.2, 0) is 16.6 Å². The summed E-state index contributed by atoms with van der Waals surface area (Å²) in [6.07, 6.45) is 0. The minimum atomic E-state index is -0.923. The van der Waals surface area contributed by atoms with Gasteiger partial charge in [0, 0.05) is 24.9 Å². The van der Waals surface area contributed by atoms with Crippen molar-refractivity contribution in [1.29, 1.82) is 0 Å². The molecule has 1 aromatic heterocycles. The smallest absolute Gasteiger partial charge is 0.277 e. The number of fused-ring (bicyclic) bond motifs is 1. The maximum absolute atomic E-state index is 12.7. The second-order valence-electron chi connectivity index (χ2n) is 6.53. The lowest BCUT2D eigenvalue weighted by Crippen LogP contribution is -2.25. The number of para-hydroxylation sites is 1. The molecule has 2 aromatic carbocycles. The molecule has 2 atom stereocenters. The number of aromatic hydroxyl groups is 1. The summed E-state index contributed by atoms with van der Waals surface area (Å²) < 4.78 is 1.57. The van der Waals surface area contributed by atoms with Crippen LogP contribution in [0.2, 0.25) is 0 Å². The third kappa shape index (κ3) is 2.87. The fraction of sp³-hybridized carbons (Fsp3) is 0.200. The van der Waals surface area contributed by atoms with E-state index in [1.165, 1.54) is 0 Å². The van der Waals surface area contributed by atoms with Crippen molar-refractivity contribution in [2.45, 2.75) is 5.92 Å². The normalized spacial score (nSPS) is 19.7. The van der Waals surface area contributed by atoms with Gasteiger partial charge in [0.05, 0.1) is 5.52 Å². The zero-order chi connectivity index (χ0) is 19.0. The van der Waals surface area contributed by atoms with Gasteiger partial charge < -0.3 is 15.0 Å². The summed E-state index contributed by atoms with van der Waals surface area (Å²) in [7, 11) is 1.70. The van der Waals surface area contributed by atoms with Gasteiger partial charge in [-0.15, -0.1) is 10.2 Å². The van der Waals surface area contributed by atoms with Gasteiger partial charge in [0.25, 0.3) is 5.91 Å². The second kappa shape index (κ2) is 6.68. The Labute approximate surface area is 155 Å². The molecule has 0 spiro atoms. The molecule has 0 aliphatic carbocycles. The Kier molecular flexibility index (Phi) is 4.19. The van der Waals surface area contributed by atoms with E-state index in [4.69, 9.17) is 0 Å². The zero-order valence-corrected chi connectivity index (χ0v) is 14.7. The fourth-order valence-corrected chi connectivity index (χ4v) is 3.54. The first-order valence-electron chi connectivity index (χ1n) is 8.62. The first-order chi connectivity index (χ1) is 13.1. The van der Waals surface area contributed by atoms with E-state index in [-0.39, 0.29) is 23.4 Å². The van der Waals surface area contributed by atoms with Crippen LogP contribution in [0.15, 0.2) is 64.8 Å². The van der Waals surface area contributed by atoms with Gasteiger partial charge in [0.15, 0.2) is 5.69 Å². The molecular weight excluding hydrogens is 344 g/mol. The van der Waals surface area contributed by atoms with Gasteiger partial charge >= 0.3 is 0 Å². The first-order valence-corrected chi connectivity index (χ1v) is 8.62. The van der Waals surface area contributed by atoms with Crippen molar-refractivity contribution in [2.24, 2.45) is 23.2 Å². The van der Waals surface area contributed by atoms with Gasteiger partial charge in [-0.2, -0.15) is 0 Å². The van der Waals surface area contributed by atoms with Crippen molar-refractivity contribution in [2.75, 3.05) is 6.54 Å². The summed E-state index contributed by atoms with van der Waals surface area (Å²) in [5, 5.41) is 21.5. The van der Waals surface area contributed by atoms with E-state index < -0.39 is 11.8 Å². The van der Waals surface area contributed by atoms with Crippen LogP contribution in [0.3, 0.4) is 0 Å². The Morgan fingerprint density at radius 2 is 1.85 bits per heavy atom. The topological polar surface area (TPSA) is 96.0 Å². The van der Waals surface area contributed by atoms with Gasteiger partial charge in [-0.25, -0.2) is 0 Å². The Hall–Kier alpha value is -3.48. The maximum atomic E-state index is 12.7. The number of rotatable bonds is 3. The molecule has 0 saturated carbocycles. The van der Waals surface area contributed by atoms with Crippen LogP contribution < -0.4 is 5.32 Å². The second-order valence-corrected chi connectivity index (χ2v) is 6.53. The number of hydrogen-bond donors (Lipinski definition) is 2. The van der Waals surface area contributed by atoms with Crippen LogP contribution >= 0.6 is 0 Å². The standard InChI is InChI=1S/C20H18N4O3/c1-24-15-10-6-5-9-13(15)17(20(24)27)22-23-19(26)16-14(11-21-18(16)25)12-7-3-2-4-8-12/h2-10,14,16,27H,11H2,1H3,(H,21,25). The summed E-state index contributed by atoms with van der Waals surface area (Å²) in [6.45, 7) is 0.383. The molecule has 1 aliphatic rings. The molecule has 1 saturated heterocycles. The van der Waals surface area contributed by atoms with Gasteiger partial charge in [-0.05, 0) is 11.6 Å². The predicted molar refractivity (Wildman–Crippen MR) is 99.8 cm³/mol. The predicted octanol–water partition coefficient (Wildman–Crippen LogP) is 3.02. The molecule has 1 aliphatic heterocycles. The number of aromatic nitrogens is 1. The highest BCUT2D eigenvalue weighted by atomic mass is 16.3. The van der Waals surface area contributed by atoms with Crippen molar-refractivity contribution in [3.63, 3.8) is 0 Å². The Morgan fingerprint density at radius 1 is 1.15 bits per heavy atom. The first kappa shape index (κ1) is 17.0. The minimum Gasteiger partial charge on any atom is -0.493 e. The molecule has 0 radical (unpaired) electrons. The average molecular weight is 362 g/mol. The highest BCUT2D eigenvalue weighted by Gasteiger charge is 2.41. The lowest BCUT2D eigenvalue weighted by atomic mass is 9.88. The molecule has 2 unspecified atom stereocenters. The summed E-state index contributed by atoms with van der Waals surface area (Å²) in [6, 6.07) is 16.7. The third-order valence-corrected chi connectivity index (χ3v) is 4.97. The van der Waals surface area contributed by atoms with Crippen LogP contribution in [0.4, 0.5) is 5.69 Å². The van der Waals surface area contributed by atoms with E-state index in [1.807, 2.05) is 48.5 Å². The number of nitrogens with zero attached hydrogens (tertiary/aromatic N) is 3. The number of hydrogen-bond acceptors (Lipinski definition) is 4. The Balaban J connectivity index is 1.66. The molecule has 136 valence electrons. The number of amides is 2. The molecule has 7 heteroatoms. The monoisotopic (exact) mass is 362 g/mol. The van der Waals surface area contributed by atoms with Crippen LogP contribution in [0.25, 0.3) is 10.9 Å². The SMILES string of the molecule is Cn1c(O)c(N=NC(=O)C2C(=O)NCC2c2ccccc2)c2ccccc21. The number of azo groups is 1. The molecule has 2 amide bonds. The van der Waals surface area contributed by atoms with E-state index >= 15 is 0 Å². The highest BCUT2D eigenvalue weighted by Crippen LogP contribution is 2.38. The van der Waals surface area contributed by atoms with Gasteiger partial charge in [0.1, 0.15) is 5.92 Å². The zero-order valence-electron chi connectivity index (χ0n) is 14.7. The number of carbonyl (C=O) groups is 2. The quantitative estimate of drug-likeness (QED) is 0.554. The maximum Gasteiger partial charge on any atom is 0.277 e. The molecule has 3 aromatic rings. The molecule has 2 N–H and O–H groups in total. The van der Waals surface area contributed by atoms with Crippen molar-refractivity contribution in [3.05, 3.63) is 60.2 Å². The Bertz CT molecular complexity index is 1060. The summed E-state index contributed by atoms with van der Waals surface area (Å²) in [5.41, 5.74) is 1.89. The molecule has 4 rings (SSSR count). The minimum absolute atomic E-state index is 0.0803.